The molecule has 0 aromatic carbocycles. The Balaban J connectivity index is 1.99. The lowest BCUT2D eigenvalue weighted by Gasteiger charge is -2.47. The highest BCUT2D eigenvalue weighted by atomic mass is 16.8. The molecule has 0 aromatic rings. The van der Waals surface area contributed by atoms with Crippen LogP contribution < -0.4 is 0 Å². The van der Waals surface area contributed by atoms with Gasteiger partial charge in [-0.2, -0.15) is 0 Å². The average Bonchev–Trinajstić information content (AvgIpc) is 2.81. The van der Waals surface area contributed by atoms with Crippen molar-refractivity contribution in [3.05, 3.63) is 24.3 Å². The molecule has 34 heavy (non-hydrogen) atoms. The van der Waals surface area contributed by atoms with Crippen molar-refractivity contribution in [2.45, 2.75) is 135 Å². The maximum Gasteiger partial charge on any atom is 0.338 e. The zero-order valence-corrected chi connectivity index (χ0v) is 22.9. The number of cyclic esters (lactones) is 1. The molecule has 1 saturated heterocycles. The van der Waals surface area contributed by atoms with Crippen LogP contribution in [0.2, 0.25) is 0 Å². The zero-order chi connectivity index (χ0) is 25.3. The second-order valence-corrected chi connectivity index (χ2v) is 10.2. The number of hydrogen-bond donors (Lipinski definition) is 0. The largest absolute Gasteiger partial charge is 0.425 e. The van der Waals surface area contributed by atoms with Gasteiger partial charge >= 0.3 is 5.97 Å². The lowest BCUT2D eigenvalue weighted by molar-refractivity contribution is -0.405. The van der Waals surface area contributed by atoms with Gasteiger partial charge in [0.15, 0.2) is 6.10 Å². The number of carbonyl (C=O) groups is 1. The molecule has 1 heterocycles. The van der Waals surface area contributed by atoms with E-state index in [4.69, 9.17) is 18.9 Å². The molecule has 1 aliphatic heterocycles. The summed E-state index contributed by atoms with van der Waals surface area (Å²) in [6.07, 6.45) is 25.7. The van der Waals surface area contributed by atoms with Gasteiger partial charge in [0.05, 0.1) is 0 Å². The molecule has 1 unspecified atom stereocenters. The third kappa shape index (κ3) is 11.5. The van der Waals surface area contributed by atoms with E-state index in [0.717, 1.165) is 6.42 Å². The Hall–Kier alpha value is -1.17. The van der Waals surface area contributed by atoms with Crippen LogP contribution >= 0.6 is 0 Å². The molecule has 1 aliphatic rings. The van der Waals surface area contributed by atoms with E-state index in [1.165, 1.54) is 91.3 Å². The van der Waals surface area contributed by atoms with Crippen molar-refractivity contribution in [2.75, 3.05) is 14.2 Å². The van der Waals surface area contributed by atoms with E-state index in [9.17, 15) is 4.79 Å². The molecule has 198 valence electrons. The maximum absolute atomic E-state index is 12.3. The third-order valence-electron chi connectivity index (χ3n) is 6.81. The molecule has 3 atom stereocenters. The number of allylic oxidation sites excluding steroid dienone is 3. The fourth-order valence-corrected chi connectivity index (χ4v) is 4.20. The van der Waals surface area contributed by atoms with Gasteiger partial charge in [-0.1, -0.05) is 95.9 Å². The molecule has 0 spiro atoms. The van der Waals surface area contributed by atoms with Crippen molar-refractivity contribution in [1.82, 2.24) is 0 Å². The fraction of sp³-hybridized carbons (Fsp3) is 0.828. The summed E-state index contributed by atoms with van der Waals surface area (Å²) in [6.45, 7) is 7.85. The first-order valence-electron chi connectivity index (χ1n) is 13.6. The van der Waals surface area contributed by atoms with E-state index in [-0.39, 0.29) is 0 Å². The minimum Gasteiger partial charge on any atom is -0.425 e. The van der Waals surface area contributed by atoms with Gasteiger partial charge in [0.25, 0.3) is 5.79 Å². The summed E-state index contributed by atoms with van der Waals surface area (Å²) in [7, 11) is 3.00. The lowest BCUT2D eigenvalue weighted by Crippen LogP contribution is -2.63. The molecular formula is C29H52O5. The Kier molecular flexibility index (Phi) is 15.7. The Morgan fingerprint density at radius 1 is 0.765 bits per heavy atom. The highest BCUT2D eigenvalue weighted by Crippen LogP contribution is 2.37. The summed E-state index contributed by atoms with van der Waals surface area (Å²) in [6, 6.07) is 0. The van der Waals surface area contributed by atoms with E-state index in [2.05, 4.69) is 32.1 Å². The molecule has 0 aromatic heterocycles. The number of hydrogen-bond acceptors (Lipinski definition) is 5. The molecule has 0 bridgehead atoms. The molecule has 0 amide bonds. The van der Waals surface area contributed by atoms with Crippen molar-refractivity contribution in [3.8, 4) is 0 Å². The van der Waals surface area contributed by atoms with E-state index in [0.29, 0.717) is 12.3 Å². The summed E-state index contributed by atoms with van der Waals surface area (Å²) in [5.74, 6) is -2.13. The van der Waals surface area contributed by atoms with E-state index < -0.39 is 23.6 Å². The zero-order valence-electron chi connectivity index (χ0n) is 22.9. The van der Waals surface area contributed by atoms with Crippen LogP contribution in [0.4, 0.5) is 0 Å². The normalized spacial score (nSPS) is 25.6. The second kappa shape index (κ2) is 17.3. The maximum atomic E-state index is 12.3. The van der Waals surface area contributed by atoms with E-state index in [1.54, 1.807) is 13.8 Å². The van der Waals surface area contributed by atoms with Crippen LogP contribution in [0.3, 0.4) is 0 Å². The molecular weight excluding hydrogens is 428 g/mol. The average molecular weight is 481 g/mol. The van der Waals surface area contributed by atoms with Crippen LogP contribution in [-0.2, 0) is 23.7 Å². The molecule has 5 heteroatoms. The second-order valence-electron chi connectivity index (χ2n) is 10.2. The van der Waals surface area contributed by atoms with Gasteiger partial charge in [-0.25, -0.2) is 4.79 Å². The van der Waals surface area contributed by atoms with Gasteiger partial charge in [-0.05, 0) is 38.5 Å². The van der Waals surface area contributed by atoms with E-state index in [1.807, 2.05) is 6.08 Å². The molecule has 1 fully saturated rings. The van der Waals surface area contributed by atoms with Gasteiger partial charge in [-0.15, -0.1) is 0 Å². The predicted molar refractivity (Wildman–Crippen MR) is 140 cm³/mol. The summed E-state index contributed by atoms with van der Waals surface area (Å²) in [5.41, 5.74) is 0. The fourth-order valence-electron chi connectivity index (χ4n) is 4.20. The van der Waals surface area contributed by atoms with Gasteiger partial charge < -0.3 is 18.9 Å². The lowest BCUT2D eigenvalue weighted by atomic mass is 10.0. The Morgan fingerprint density at radius 3 is 1.71 bits per heavy atom. The van der Waals surface area contributed by atoms with Gasteiger partial charge in [-0.3, -0.25) is 0 Å². The standard InChI is InChI=1S/C29H52O5/c1-25(2)23-21-19-17-15-13-11-9-7-8-10-12-14-16-18-20-22-24-26-27(30)34-29(4,32-6)28(3,31-5)33-26/h20-23,25-26H,7-19,24H2,1-6H3/t26-,28?,29+/m1/s1. The summed E-state index contributed by atoms with van der Waals surface area (Å²) in [5, 5.41) is 0. The molecule has 0 radical (unpaired) electrons. The van der Waals surface area contributed by atoms with Crippen molar-refractivity contribution >= 4 is 5.97 Å². The van der Waals surface area contributed by atoms with Gasteiger partial charge in [0.2, 0.25) is 5.79 Å². The van der Waals surface area contributed by atoms with Crippen molar-refractivity contribution in [2.24, 2.45) is 5.92 Å². The number of esters is 1. The van der Waals surface area contributed by atoms with Crippen LogP contribution in [0.25, 0.3) is 0 Å². The van der Waals surface area contributed by atoms with Crippen LogP contribution in [0, 0.1) is 5.92 Å². The van der Waals surface area contributed by atoms with Gasteiger partial charge in [0.1, 0.15) is 0 Å². The first-order chi connectivity index (χ1) is 16.3. The quantitative estimate of drug-likeness (QED) is 0.107. The summed E-state index contributed by atoms with van der Waals surface area (Å²) in [4.78, 5) is 12.3. The minimum atomic E-state index is -1.26. The first-order valence-corrected chi connectivity index (χ1v) is 13.6. The third-order valence-corrected chi connectivity index (χ3v) is 6.81. The number of rotatable bonds is 19. The summed E-state index contributed by atoms with van der Waals surface area (Å²) < 4.78 is 22.2. The summed E-state index contributed by atoms with van der Waals surface area (Å²) >= 11 is 0. The Labute approximate surface area is 209 Å². The molecule has 0 aliphatic carbocycles. The number of unbranched alkanes of at least 4 members (excludes halogenated alkanes) is 12. The van der Waals surface area contributed by atoms with Crippen LogP contribution in [0.15, 0.2) is 24.3 Å². The van der Waals surface area contributed by atoms with Crippen LogP contribution in [0.1, 0.15) is 118 Å². The monoisotopic (exact) mass is 480 g/mol. The van der Waals surface area contributed by atoms with Gasteiger partial charge in [0, 0.05) is 27.6 Å². The topological polar surface area (TPSA) is 54.0 Å². The Bertz CT molecular complexity index is 599. The highest BCUT2D eigenvalue weighted by Gasteiger charge is 2.57. The number of ether oxygens (including phenoxy) is 4. The van der Waals surface area contributed by atoms with E-state index >= 15 is 0 Å². The molecule has 1 rings (SSSR count). The molecule has 5 nitrogen and oxygen atoms in total. The Morgan fingerprint density at radius 2 is 1.24 bits per heavy atom. The predicted octanol–water partition coefficient (Wildman–Crippen LogP) is 7.88. The SMILES string of the molecule is COC1(C)O[C@H](CC=CCCCCCCCCCCCCCC=CC(C)C)C(=O)O[C@]1(C)OC. The molecule has 0 N–H and O–H groups in total. The molecule has 0 saturated carbocycles. The minimum absolute atomic E-state index is 0.415. The van der Waals surface area contributed by atoms with Crippen molar-refractivity contribution in [3.63, 3.8) is 0 Å². The van der Waals surface area contributed by atoms with Crippen LogP contribution in [0.5, 0.6) is 0 Å². The first kappa shape index (κ1) is 30.9. The van der Waals surface area contributed by atoms with Crippen LogP contribution in [-0.4, -0.2) is 37.9 Å². The highest BCUT2D eigenvalue weighted by molar-refractivity contribution is 5.76. The number of methoxy groups -OCH3 is 2. The van der Waals surface area contributed by atoms with Crippen molar-refractivity contribution in [1.29, 1.82) is 0 Å². The van der Waals surface area contributed by atoms with Crippen molar-refractivity contribution < 1.29 is 23.7 Å². The number of carbonyl (C=O) groups excluding carboxylic acids is 1. The smallest absolute Gasteiger partial charge is 0.338 e.